The summed E-state index contributed by atoms with van der Waals surface area (Å²) < 4.78 is 38.6. The molecule has 0 aliphatic heterocycles. The van der Waals surface area contributed by atoms with Crippen LogP contribution in [0.2, 0.25) is 0 Å². The molecule has 4 rings (SSSR count). The average Bonchev–Trinajstić information content (AvgIpc) is 3.16. The number of nitrogens with zero attached hydrogens (tertiary/aromatic N) is 1. The summed E-state index contributed by atoms with van der Waals surface area (Å²) in [6.07, 6.45) is 1.55. The van der Waals surface area contributed by atoms with Crippen LogP contribution < -0.4 is 9.47 Å². The van der Waals surface area contributed by atoms with E-state index in [4.69, 9.17) is 9.47 Å². The maximum Gasteiger partial charge on any atom is 0.268 e. The first-order valence-electron chi connectivity index (χ1n) is 8.76. The molecule has 28 heavy (non-hydrogen) atoms. The summed E-state index contributed by atoms with van der Waals surface area (Å²) in [7, 11) is -2.16. The van der Waals surface area contributed by atoms with E-state index in [1.807, 2.05) is 30.3 Å². The zero-order valence-corrected chi connectivity index (χ0v) is 16.1. The van der Waals surface area contributed by atoms with Gasteiger partial charge in [0.15, 0.2) is 11.5 Å². The Balaban J connectivity index is 1.73. The zero-order valence-electron chi connectivity index (χ0n) is 15.3. The van der Waals surface area contributed by atoms with Crippen molar-refractivity contribution in [2.45, 2.75) is 11.5 Å². The summed E-state index contributed by atoms with van der Waals surface area (Å²) in [5.41, 5.74) is 1.57. The van der Waals surface area contributed by atoms with Crippen LogP contribution in [0.1, 0.15) is 5.56 Å². The van der Waals surface area contributed by atoms with Crippen LogP contribution >= 0.6 is 0 Å². The van der Waals surface area contributed by atoms with Crippen LogP contribution in [0.3, 0.4) is 0 Å². The first-order chi connectivity index (χ1) is 13.6. The van der Waals surface area contributed by atoms with Gasteiger partial charge in [-0.15, -0.1) is 0 Å². The third kappa shape index (κ3) is 3.34. The zero-order chi connectivity index (χ0) is 19.6. The van der Waals surface area contributed by atoms with E-state index in [0.717, 1.165) is 10.9 Å². The van der Waals surface area contributed by atoms with Crippen molar-refractivity contribution in [3.63, 3.8) is 0 Å². The average molecular weight is 393 g/mol. The van der Waals surface area contributed by atoms with E-state index < -0.39 is 10.0 Å². The molecule has 3 aromatic carbocycles. The Hall–Kier alpha value is -3.25. The van der Waals surface area contributed by atoms with Crippen molar-refractivity contribution in [3.05, 3.63) is 90.6 Å². The molecular weight excluding hydrogens is 374 g/mol. The van der Waals surface area contributed by atoms with Crippen molar-refractivity contribution >= 4 is 20.9 Å². The van der Waals surface area contributed by atoms with Gasteiger partial charge in [0, 0.05) is 17.6 Å². The van der Waals surface area contributed by atoms with Crippen LogP contribution in [0.5, 0.6) is 11.5 Å². The fourth-order valence-corrected chi connectivity index (χ4v) is 4.41. The van der Waals surface area contributed by atoms with Crippen molar-refractivity contribution in [2.24, 2.45) is 0 Å². The van der Waals surface area contributed by atoms with Gasteiger partial charge in [-0.1, -0.05) is 48.5 Å². The van der Waals surface area contributed by atoms with Crippen molar-refractivity contribution in [1.29, 1.82) is 0 Å². The highest BCUT2D eigenvalue weighted by Gasteiger charge is 2.20. The number of aromatic nitrogens is 1. The van der Waals surface area contributed by atoms with Gasteiger partial charge >= 0.3 is 0 Å². The third-order valence-electron chi connectivity index (χ3n) is 4.48. The van der Waals surface area contributed by atoms with E-state index >= 15 is 0 Å². The van der Waals surface area contributed by atoms with Gasteiger partial charge in [0.05, 0.1) is 17.5 Å². The van der Waals surface area contributed by atoms with Crippen molar-refractivity contribution in [1.82, 2.24) is 3.97 Å². The lowest BCUT2D eigenvalue weighted by Crippen LogP contribution is -2.11. The molecule has 0 atom stereocenters. The predicted octanol–water partition coefficient (Wildman–Crippen LogP) is 4.47. The molecule has 0 saturated carbocycles. The van der Waals surface area contributed by atoms with Gasteiger partial charge in [0.1, 0.15) is 6.61 Å². The summed E-state index contributed by atoms with van der Waals surface area (Å²) in [5, 5.41) is 0.753. The van der Waals surface area contributed by atoms with E-state index in [1.165, 1.54) is 11.1 Å². The summed E-state index contributed by atoms with van der Waals surface area (Å²) in [6.45, 7) is 0.395. The quantitative estimate of drug-likeness (QED) is 0.485. The van der Waals surface area contributed by atoms with E-state index in [9.17, 15) is 8.42 Å². The molecule has 142 valence electrons. The van der Waals surface area contributed by atoms with Gasteiger partial charge in [0.2, 0.25) is 0 Å². The molecule has 4 aromatic rings. The molecule has 5 nitrogen and oxygen atoms in total. The van der Waals surface area contributed by atoms with Gasteiger partial charge in [0.25, 0.3) is 10.0 Å². The fraction of sp³-hybridized carbons (Fsp3) is 0.0909. The molecule has 1 aromatic heterocycles. The fourth-order valence-electron chi connectivity index (χ4n) is 3.04. The Labute approximate surface area is 163 Å². The molecule has 0 bridgehead atoms. The number of ether oxygens (including phenoxy) is 2. The molecule has 0 unspecified atom stereocenters. The summed E-state index contributed by atoms with van der Waals surface area (Å²) in [6, 6.07) is 23.4. The van der Waals surface area contributed by atoms with E-state index in [1.54, 1.807) is 54.7 Å². The molecule has 0 N–H and O–H groups in total. The van der Waals surface area contributed by atoms with Crippen LogP contribution in [-0.4, -0.2) is 19.5 Å². The van der Waals surface area contributed by atoms with Crippen LogP contribution in [0, 0.1) is 0 Å². The molecule has 0 aliphatic carbocycles. The minimum absolute atomic E-state index is 0.232. The normalized spacial score (nSPS) is 11.5. The summed E-state index contributed by atoms with van der Waals surface area (Å²) in [5.74, 6) is 1.04. The Morgan fingerprint density at radius 1 is 0.857 bits per heavy atom. The lowest BCUT2D eigenvalue weighted by molar-refractivity contribution is 0.285. The number of rotatable bonds is 6. The highest BCUT2D eigenvalue weighted by atomic mass is 32.2. The molecule has 0 saturated heterocycles. The lowest BCUT2D eigenvalue weighted by Gasteiger charge is -2.13. The molecular formula is C22H19NO4S. The van der Waals surface area contributed by atoms with Crippen molar-refractivity contribution in [3.8, 4) is 11.5 Å². The van der Waals surface area contributed by atoms with Crippen LogP contribution in [0.15, 0.2) is 90.0 Å². The largest absolute Gasteiger partial charge is 0.493 e. The minimum atomic E-state index is -3.70. The van der Waals surface area contributed by atoms with Gasteiger partial charge in [-0.3, -0.25) is 0 Å². The smallest absolute Gasteiger partial charge is 0.268 e. The van der Waals surface area contributed by atoms with Crippen LogP contribution in [0.4, 0.5) is 0 Å². The van der Waals surface area contributed by atoms with Gasteiger partial charge in [-0.25, -0.2) is 12.4 Å². The molecule has 0 spiro atoms. The number of benzene rings is 3. The first kappa shape index (κ1) is 18.1. The number of hydrogen-bond acceptors (Lipinski definition) is 4. The van der Waals surface area contributed by atoms with E-state index in [2.05, 4.69) is 0 Å². The van der Waals surface area contributed by atoms with Crippen LogP contribution in [-0.2, 0) is 16.6 Å². The summed E-state index contributed by atoms with van der Waals surface area (Å²) >= 11 is 0. The molecule has 0 fully saturated rings. The Kier molecular flexibility index (Phi) is 4.79. The Morgan fingerprint density at radius 2 is 1.54 bits per heavy atom. The molecule has 0 radical (unpaired) electrons. The third-order valence-corrected chi connectivity index (χ3v) is 6.18. The second-order valence-electron chi connectivity index (χ2n) is 6.27. The minimum Gasteiger partial charge on any atom is -0.493 e. The van der Waals surface area contributed by atoms with E-state index in [0.29, 0.717) is 23.6 Å². The maximum atomic E-state index is 13.0. The second kappa shape index (κ2) is 7.40. The van der Waals surface area contributed by atoms with Gasteiger partial charge in [-0.2, -0.15) is 0 Å². The molecule has 6 heteroatoms. The van der Waals surface area contributed by atoms with Crippen molar-refractivity contribution < 1.29 is 17.9 Å². The van der Waals surface area contributed by atoms with E-state index in [-0.39, 0.29) is 4.90 Å². The number of methoxy groups -OCH3 is 1. The van der Waals surface area contributed by atoms with Crippen LogP contribution in [0.25, 0.3) is 10.9 Å². The van der Waals surface area contributed by atoms with Gasteiger partial charge < -0.3 is 9.47 Å². The molecule has 1 heterocycles. The number of fused-ring (bicyclic) bond motifs is 1. The Morgan fingerprint density at radius 3 is 2.21 bits per heavy atom. The van der Waals surface area contributed by atoms with Crippen molar-refractivity contribution in [2.75, 3.05) is 7.11 Å². The first-order valence-corrected chi connectivity index (χ1v) is 10.2. The topological polar surface area (TPSA) is 57.5 Å². The van der Waals surface area contributed by atoms with Gasteiger partial charge in [-0.05, 0) is 29.8 Å². The second-order valence-corrected chi connectivity index (χ2v) is 8.08. The highest BCUT2D eigenvalue weighted by molar-refractivity contribution is 7.90. The predicted molar refractivity (Wildman–Crippen MR) is 108 cm³/mol. The summed E-state index contributed by atoms with van der Waals surface area (Å²) in [4.78, 5) is 0.232. The molecule has 0 aliphatic rings. The highest BCUT2D eigenvalue weighted by Crippen LogP contribution is 2.34. The maximum absolute atomic E-state index is 13.0. The SMILES string of the molecule is COc1cc2c(ccn2S(=O)(=O)c2ccccc2)cc1OCc1ccccc1. The Bertz CT molecular complexity index is 1200. The standard InChI is InChI=1S/C22H19NO4S/c1-26-21-15-20-18(14-22(21)27-16-17-8-4-2-5-9-17)12-13-23(20)28(24,25)19-10-6-3-7-11-19/h2-15H,16H2,1H3. The monoisotopic (exact) mass is 393 g/mol. The lowest BCUT2D eigenvalue weighted by atomic mass is 10.2. The number of hydrogen-bond donors (Lipinski definition) is 0. The molecule has 0 amide bonds.